The summed E-state index contributed by atoms with van der Waals surface area (Å²) in [6, 6.07) is -0.912. The van der Waals surface area contributed by atoms with E-state index in [-0.39, 0.29) is 31.3 Å². The number of amides is 1. The fourth-order valence-electron chi connectivity index (χ4n) is 8.30. The number of nitrogens with one attached hydrogen (secondary N) is 1. The van der Waals surface area contributed by atoms with Crippen molar-refractivity contribution in [2.24, 2.45) is 0 Å². The fraction of sp³-hybridized carbons (Fsp3) is 0.750. The first-order valence-electron chi connectivity index (χ1n) is 30.4. The third-order valence-electron chi connectivity index (χ3n) is 13.0. The van der Waals surface area contributed by atoms with Gasteiger partial charge >= 0.3 is 5.97 Å². The molecule has 9 nitrogen and oxygen atoms in total. The Morgan fingerprint density at radius 2 is 0.824 bits per heavy atom. The number of esters is 1. The molecule has 0 aromatic carbocycles. The van der Waals surface area contributed by atoms with E-state index in [1.165, 1.54) is 122 Å². The minimum Gasteiger partial charge on any atom is -0.756 e. The molecule has 0 fully saturated rings. The molecule has 0 heterocycles. The zero-order valence-electron chi connectivity index (χ0n) is 48.8. The summed E-state index contributed by atoms with van der Waals surface area (Å²) in [5.41, 5.74) is 0. The van der Waals surface area contributed by atoms with E-state index in [2.05, 4.69) is 99.0 Å². The lowest BCUT2D eigenvalue weighted by atomic mass is 10.0. The SMILES string of the molecule is CCCCC/C=C\C/C=C\C/C=C\C/C=C\CCCCCC(=O)NC(COP(=O)([O-])OCC[N+](C)(C)C)C(/C=C/CCCCCCCCCCCC)OC(=O)CCCCCCCCC/C=C\C/C=C\CCCCC. The predicted octanol–water partition coefficient (Wildman–Crippen LogP) is 18.0. The van der Waals surface area contributed by atoms with Crippen LogP contribution in [-0.2, 0) is 27.9 Å². The number of hydrogen-bond acceptors (Lipinski definition) is 7. The Morgan fingerprint density at radius 1 is 0.473 bits per heavy atom. The molecule has 0 aromatic heterocycles. The van der Waals surface area contributed by atoms with Crippen LogP contribution < -0.4 is 10.2 Å². The predicted molar refractivity (Wildman–Crippen MR) is 316 cm³/mol. The Balaban J connectivity index is 5.37. The van der Waals surface area contributed by atoms with Gasteiger partial charge in [0.15, 0.2) is 0 Å². The number of carbonyl (C=O) groups excluding carboxylic acids is 2. The van der Waals surface area contributed by atoms with Crippen LogP contribution in [0, 0.1) is 0 Å². The number of carbonyl (C=O) groups is 2. The molecular weight excluding hydrogens is 940 g/mol. The minimum atomic E-state index is -4.71. The van der Waals surface area contributed by atoms with Crippen LogP contribution in [-0.4, -0.2) is 69.4 Å². The highest BCUT2D eigenvalue weighted by Gasteiger charge is 2.27. The number of phosphoric acid groups is 1. The molecule has 10 heteroatoms. The van der Waals surface area contributed by atoms with Gasteiger partial charge in [-0.15, -0.1) is 0 Å². The molecule has 3 atom stereocenters. The van der Waals surface area contributed by atoms with E-state index in [4.69, 9.17) is 13.8 Å². The van der Waals surface area contributed by atoms with Gasteiger partial charge < -0.3 is 28.5 Å². The number of ether oxygens (including phenoxy) is 1. The van der Waals surface area contributed by atoms with Crippen molar-refractivity contribution in [3.05, 3.63) is 85.1 Å². The van der Waals surface area contributed by atoms with E-state index in [1.54, 1.807) is 0 Å². The van der Waals surface area contributed by atoms with Crippen LogP contribution in [0.3, 0.4) is 0 Å². The molecule has 0 aliphatic carbocycles. The Morgan fingerprint density at radius 3 is 1.27 bits per heavy atom. The van der Waals surface area contributed by atoms with Gasteiger partial charge in [0.05, 0.1) is 33.8 Å². The highest BCUT2D eigenvalue weighted by molar-refractivity contribution is 7.45. The van der Waals surface area contributed by atoms with Crippen molar-refractivity contribution in [2.75, 3.05) is 40.9 Å². The summed E-state index contributed by atoms with van der Waals surface area (Å²) in [6.07, 6.45) is 69.7. The molecule has 0 spiro atoms. The van der Waals surface area contributed by atoms with Crippen molar-refractivity contribution in [3.63, 3.8) is 0 Å². The number of rotatable bonds is 54. The van der Waals surface area contributed by atoms with Crippen LogP contribution in [0.25, 0.3) is 0 Å². The van der Waals surface area contributed by atoms with Gasteiger partial charge in [-0.25, -0.2) is 0 Å². The van der Waals surface area contributed by atoms with E-state index in [0.29, 0.717) is 23.9 Å². The second-order valence-electron chi connectivity index (χ2n) is 21.5. The van der Waals surface area contributed by atoms with Gasteiger partial charge in [0.2, 0.25) is 5.91 Å². The second-order valence-corrected chi connectivity index (χ2v) is 22.9. The van der Waals surface area contributed by atoms with Gasteiger partial charge in [-0.2, -0.15) is 0 Å². The maximum absolute atomic E-state index is 13.5. The first-order chi connectivity index (χ1) is 35.9. The van der Waals surface area contributed by atoms with Gasteiger partial charge in [0.1, 0.15) is 19.3 Å². The van der Waals surface area contributed by atoms with E-state index in [9.17, 15) is 19.0 Å². The van der Waals surface area contributed by atoms with E-state index < -0.39 is 26.6 Å². The average Bonchev–Trinajstić information content (AvgIpc) is 3.36. The quantitative estimate of drug-likeness (QED) is 0.0212. The lowest BCUT2D eigenvalue weighted by Crippen LogP contribution is -2.47. The number of likely N-dealkylation sites (N-methyl/N-ethyl adjacent to an activating group) is 1. The Hall–Kier alpha value is -2.81. The molecule has 0 saturated carbocycles. The molecule has 0 aliphatic rings. The number of allylic oxidation sites excluding steroid dienone is 13. The molecule has 0 saturated heterocycles. The molecule has 0 radical (unpaired) electrons. The minimum absolute atomic E-state index is 0.0335. The standard InChI is InChI=1S/C64H115N2O7P/c1-7-10-13-16-19-22-25-28-30-32-33-35-36-38-41-44-47-50-53-56-63(67)65-61(60-72-74(69,70)71-59-58-66(4,5)6)62(55-52-49-46-43-40-27-24-21-18-15-12-9-3)73-64(68)57-54-51-48-45-42-39-37-34-31-29-26-23-20-17-14-11-8-2/h19-20,22-23,28-31,33,35,38,41,52,55,61-62H,7-18,21,24-27,32,34,36-37,39-40,42-51,53-54,56-60H2,1-6H3,(H-,65,67,69,70)/b22-19-,23-20-,30-28-,31-29-,35-33-,41-38-,55-52+. The summed E-state index contributed by atoms with van der Waals surface area (Å²) in [5, 5.41) is 3.01. The molecule has 3 unspecified atom stereocenters. The van der Waals surface area contributed by atoms with Gasteiger partial charge in [0, 0.05) is 12.8 Å². The van der Waals surface area contributed by atoms with Crippen molar-refractivity contribution in [1.82, 2.24) is 5.32 Å². The smallest absolute Gasteiger partial charge is 0.306 e. The van der Waals surface area contributed by atoms with Crippen LogP contribution in [0.2, 0.25) is 0 Å². The largest absolute Gasteiger partial charge is 0.756 e. The summed E-state index contributed by atoms with van der Waals surface area (Å²) in [7, 11) is 1.15. The first-order valence-corrected chi connectivity index (χ1v) is 31.9. The summed E-state index contributed by atoms with van der Waals surface area (Å²) in [6.45, 7) is 6.75. The molecule has 0 rings (SSSR count). The van der Waals surface area contributed by atoms with Crippen LogP contribution >= 0.6 is 7.82 Å². The van der Waals surface area contributed by atoms with E-state index in [0.717, 1.165) is 89.9 Å². The number of quaternary nitrogens is 1. The lowest BCUT2D eigenvalue weighted by molar-refractivity contribution is -0.870. The second kappa shape index (κ2) is 53.6. The zero-order chi connectivity index (χ0) is 54.3. The molecule has 0 aromatic rings. The van der Waals surface area contributed by atoms with Crippen molar-refractivity contribution in [1.29, 1.82) is 0 Å². The van der Waals surface area contributed by atoms with Crippen LogP contribution in [0.15, 0.2) is 85.1 Å². The number of phosphoric ester groups is 1. The first kappa shape index (κ1) is 71.2. The molecule has 0 bridgehead atoms. The normalized spacial score (nSPS) is 14.3. The van der Waals surface area contributed by atoms with Gasteiger partial charge in [-0.1, -0.05) is 222 Å². The zero-order valence-corrected chi connectivity index (χ0v) is 49.7. The van der Waals surface area contributed by atoms with Crippen molar-refractivity contribution in [3.8, 4) is 0 Å². The molecule has 1 amide bonds. The monoisotopic (exact) mass is 1050 g/mol. The molecular formula is C64H115N2O7P. The van der Waals surface area contributed by atoms with Crippen LogP contribution in [0.5, 0.6) is 0 Å². The molecule has 0 aliphatic heterocycles. The Kier molecular flexibility index (Phi) is 51.5. The summed E-state index contributed by atoms with van der Waals surface area (Å²) < 4.78 is 30.3. The third kappa shape index (κ3) is 54.0. The van der Waals surface area contributed by atoms with Crippen LogP contribution in [0.4, 0.5) is 0 Å². The van der Waals surface area contributed by atoms with E-state index >= 15 is 0 Å². The van der Waals surface area contributed by atoms with Crippen molar-refractivity contribution in [2.45, 2.75) is 270 Å². The van der Waals surface area contributed by atoms with Gasteiger partial charge in [0.25, 0.3) is 7.82 Å². The lowest BCUT2D eigenvalue weighted by Gasteiger charge is -2.30. The number of unbranched alkanes of at least 4 members (excludes halogenated alkanes) is 26. The number of hydrogen-bond donors (Lipinski definition) is 1. The summed E-state index contributed by atoms with van der Waals surface area (Å²) in [5.74, 6) is -0.588. The summed E-state index contributed by atoms with van der Waals surface area (Å²) >= 11 is 0. The van der Waals surface area contributed by atoms with Crippen molar-refractivity contribution < 1.29 is 37.3 Å². The molecule has 74 heavy (non-hydrogen) atoms. The summed E-state index contributed by atoms with van der Waals surface area (Å²) in [4.78, 5) is 39.9. The van der Waals surface area contributed by atoms with Crippen LogP contribution in [0.1, 0.15) is 258 Å². The number of nitrogens with zero attached hydrogens (tertiary/aromatic N) is 1. The maximum Gasteiger partial charge on any atom is 0.306 e. The van der Waals surface area contributed by atoms with Gasteiger partial charge in [-0.3, -0.25) is 14.2 Å². The molecule has 1 N–H and O–H groups in total. The van der Waals surface area contributed by atoms with Crippen molar-refractivity contribution >= 4 is 19.7 Å². The van der Waals surface area contributed by atoms with Gasteiger partial charge in [-0.05, 0) is 109 Å². The average molecular weight is 1060 g/mol. The topological polar surface area (TPSA) is 114 Å². The van der Waals surface area contributed by atoms with E-state index in [1.807, 2.05) is 33.3 Å². The maximum atomic E-state index is 13.5. The fourth-order valence-corrected chi connectivity index (χ4v) is 9.02. The molecule has 428 valence electrons. The third-order valence-corrected chi connectivity index (χ3v) is 14.0. The highest BCUT2D eigenvalue weighted by Crippen LogP contribution is 2.38. The Labute approximate surface area is 456 Å². The highest BCUT2D eigenvalue weighted by atomic mass is 31.2. The Bertz CT molecular complexity index is 1540.